The summed E-state index contributed by atoms with van der Waals surface area (Å²) < 4.78 is 31.7. The van der Waals surface area contributed by atoms with Crippen LogP contribution in [-0.2, 0) is 14.4 Å². The van der Waals surface area contributed by atoms with Crippen LogP contribution in [-0.4, -0.2) is 64.1 Å². The van der Waals surface area contributed by atoms with E-state index < -0.39 is 36.3 Å². The molecule has 1 rings (SSSR count). The maximum atomic E-state index is 11.4. The Labute approximate surface area is 116 Å². The minimum Gasteiger partial charge on any atom is -0.480 e. The number of rotatable bonds is 3. The van der Waals surface area contributed by atoms with E-state index in [1.54, 1.807) is 0 Å². The van der Waals surface area contributed by atoms with Crippen LogP contribution in [0.25, 0.3) is 0 Å². The molecule has 0 aromatic carbocycles. The molecule has 0 radical (unpaired) electrons. The molecule has 1 saturated heterocycles. The van der Waals surface area contributed by atoms with Crippen LogP contribution in [0.3, 0.4) is 0 Å². The zero-order valence-corrected chi connectivity index (χ0v) is 10.8. The first-order valence-electron chi connectivity index (χ1n) is 5.70. The number of hydrogen-bond donors (Lipinski definition) is 5. The lowest BCUT2D eigenvalue weighted by molar-refractivity contribution is -0.192. The summed E-state index contributed by atoms with van der Waals surface area (Å²) in [6.07, 6.45) is -5.27. The van der Waals surface area contributed by atoms with E-state index in [-0.39, 0.29) is 5.91 Å². The Hall–Kier alpha value is -1.88. The molecule has 8 nitrogen and oxygen atoms in total. The zero-order chi connectivity index (χ0) is 16.8. The number of hydrogen-bond acceptors (Lipinski definition) is 5. The smallest absolute Gasteiger partial charge is 0.480 e. The third-order valence-electron chi connectivity index (χ3n) is 2.40. The molecule has 0 spiro atoms. The highest BCUT2D eigenvalue weighted by Crippen LogP contribution is 2.13. The molecule has 0 aliphatic carbocycles. The van der Waals surface area contributed by atoms with Gasteiger partial charge in [0.25, 0.3) is 0 Å². The van der Waals surface area contributed by atoms with Gasteiger partial charge < -0.3 is 26.0 Å². The van der Waals surface area contributed by atoms with E-state index in [2.05, 4.69) is 10.6 Å². The van der Waals surface area contributed by atoms with Crippen molar-refractivity contribution in [2.24, 2.45) is 0 Å². The highest BCUT2D eigenvalue weighted by atomic mass is 19.4. The van der Waals surface area contributed by atoms with Crippen LogP contribution in [0.4, 0.5) is 13.2 Å². The van der Waals surface area contributed by atoms with Crippen molar-refractivity contribution in [1.29, 1.82) is 0 Å². The monoisotopic (exact) mass is 316 g/mol. The van der Waals surface area contributed by atoms with E-state index in [1.807, 2.05) is 0 Å². The van der Waals surface area contributed by atoms with E-state index >= 15 is 0 Å². The number of halogens is 3. The Morgan fingerprint density at radius 1 is 1.29 bits per heavy atom. The number of aliphatic hydroxyl groups excluding tert-OH is 1. The molecule has 1 aliphatic heterocycles. The fourth-order valence-electron chi connectivity index (χ4n) is 1.29. The fourth-order valence-corrected chi connectivity index (χ4v) is 1.29. The van der Waals surface area contributed by atoms with Crippen LogP contribution >= 0.6 is 0 Å². The van der Waals surface area contributed by atoms with Gasteiger partial charge in [0.1, 0.15) is 6.04 Å². The van der Waals surface area contributed by atoms with Gasteiger partial charge in [-0.15, -0.1) is 0 Å². The molecule has 21 heavy (non-hydrogen) atoms. The standard InChI is InChI=1S/C8H14N2O4.C2HF3O2/c1-4(8(13)14)10-7(12)6-2-5(11)3-9-6;3-2(4,5)1(6)7/h4-6,9,11H,2-3H2,1H3,(H,10,12)(H,13,14);(H,6,7)/t4-,5+,6-;/m0./s1. The van der Waals surface area contributed by atoms with Gasteiger partial charge in [-0.25, -0.2) is 4.79 Å². The van der Waals surface area contributed by atoms with Crippen molar-refractivity contribution in [2.75, 3.05) is 6.54 Å². The van der Waals surface area contributed by atoms with Crippen molar-refractivity contribution in [1.82, 2.24) is 10.6 Å². The first-order chi connectivity index (χ1) is 9.45. The molecule has 0 bridgehead atoms. The van der Waals surface area contributed by atoms with Crippen LogP contribution in [0.1, 0.15) is 13.3 Å². The quantitative estimate of drug-likeness (QED) is 0.447. The second kappa shape index (κ2) is 7.78. The van der Waals surface area contributed by atoms with Gasteiger partial charge in [-0.05, 0) is 13.3 Å². The summed E-state index contributed by atoms with van der Waals surface area (Å²) in [5, 5.41) is 29.9. The molecule has 1 aliphatic rings. The Morgan fingerprint density at radius 3 is 2.05 bits per heavy atom. The summed E-state index contributed by atoms with van der Waals surface area (Å²) in [7, 11) is 0. The first kappa shape index (κ1) is 19.1. The molecule has 1 fully saturated rings. The number of aliphatic hydroxyl groups is 1. The second-order valence-electron chi connectivity index (χ2n) is 4.22. The topological polar surface area (TPSA) is 136 Å². The summed E-state index contributed by atoms with van der Waals surface area (Å²) in [6.45, 7) is 1.77. The molecule has 0 unspecified atom stereocenters. The summed E-state index contributed by atoms with van der Waals surface area (Å²) in [4.78, 5) is 30.7. The zero-order valence-electron chi connectivity index (χ0n) is 10.8. The molecule has 1 amide bonds. The number of amides is 1. The van der Waals surface area contributed by atoms with Crippen molar-refractivity contribution in [2.45, 2.75) is 37.7 Å². The Morgan fingerprint density at radius 2 is 1.76 bits per heavy atom. The van der Waals surface area contributed by atoms with Crippen LogP contribution in [0.2, 0.25) is 0 Å². The van der Waals surface area contributed by atoms with Gasteiger partial charge in [-0.1, -0.05) is 0 Å². The molecule has 0 aromatic rings. The number of alkyl halides is 3. The minimum atomic E-state index is -5.08. The van der Waals surface area contributed by atoms with Crippen LogP contribution in [0.15, 0.2) is 0 Å². The minimum absolute atomic E-state index is 0.332. The maximum Gasteiger partial charge on any atom is 0.490 e. The highest BCUT2D eigenvalue weighted by molar-refractivity contribution is 5.86. The Bertz CT molecular complexity index is 401. The molecule has 0 aromatic heterocycles. The maximum absolute atomic E-state index is 11.4. The van der Waals surface area contributed by atoms with Gasteiger partial charge in [0, 0.05) is 6.54 Å². The number of carboxylic acid groups (broad SMARTS) is 2. The third kappa shape index (κ3) is 7.46. The summed E-state index contributed by atoms with van der Waals surface area (Å²) >= 11 is 0. The highest BCUT2D eigenvalue weighted by Gasteiger charge is 2.38. The predicted molar refractivity (Wildman–Crippen MR) is 61.3 cm³/mol. The molecular formula is C10H15F3N2O6. The van der Waals surface area contributed by atoms with Crippen molar-refractivity contribution in [3.05, 3.63) is 0 Å². The van der Waals surface area contributed by atoms with E-state index in [4.69, 9.17) is 20.1 Å². The molecule has 11 heteroatoms. The van der Waals surface area contributed by atoms with Crippen LogP contribution in [0, 0.1) is 0 Å². The van der Waals surface area contributed by atoms with Gasteiger partial charge in [0.15, 0.2) is 0 Å². The van der Waals surface area contributed by atoms with Gasteiger partial charge in [-0.3, -0.25) is 9.59 Å². The van der Waals surface area contributed by atoms with Gasteiger partial charge >= 0.3 is 18.1 Å². The third-order valence-corrected chi connectivity index (χ3v) is 2.40. The Kier molecular flexibility index (Phi) is 7.09. The number of aliphatic carboxylic acids is 2. The van der Waals surface area contributed by atoms with Crippen molar-refractivity contribution >= 4 is 17.8 Å². The normalized spacial score (nSPS) is 22.7. The lowest BCUT2D eigenvalue weighted by Crippen LogP contribution is -2.46. The molecule has 3 atom stereocenters. The summed E-state index contributed by atoms with van der Waals surface area (Å²) in [5.41, 5.74) is 0. The molecule has 122 valence electrons. The van der Waals surface area contributed by atoms with Crippen molar-refractivity contribution < 1.29 is 42.9 Å². The number of carboxylic acids is 2. The number of carbonyl (C=O) groups is 3. The van der Waals surface area contributed by atoms with E-state index in [0.717, 1.165) is 0 Å². The van der Waals surface area contributed by atoms with Gasteiger partial charge in [0.2, 0.25) is 5.91 Å². The second-order valence-corrected chi connectivity index (χ2v) is 4.22. The molecule has 0 saturated carbocycles. The first-order valence-corrected chi connectivity index (χ1v) is 5.70. The summed E-state index contributed by atoms with van der Waals surface area (Å²) in [6, 6.07) is -1.38. The lowest BCUT2D eigenvalue weighted by atomic mass is 10.2. The number of carbonyl (C=O) groups excluding carboxylic acids is 1. The molecule has 5 N–H and O–H groups in total. The predicted octanol–water partition coefficient (Wildman–Crippen LogP) is -1.07. The van der Waals surface area contributed by atoms with E-state index in [9.17, 15) is 22.8 Å². The SMILES string of the molecule is C[C@H](NC(=O)[C@@H]1C[C@@H](O)CN1)C(=O)O.O=C(O)C(F)(F)F. The van der Waals surface area contributed by atoms with Gasteiger partial charge in [0.05, 0.1) is 12.1 Å². The van der Waals surface area contributed by atoms with Crippen molar-refractivity contribution in [3.63, 3.8) is 0 Å². The largest absolute Gasteiger partial charge is 0.490 e. The lowest BCUT2D eigenvalue weighted by Gasteiger charge is -2.13. The fraction of sp³-hybridized carbons (Fsp3) is 0.700. The average Bonchev–Trinajstić information content (AvgIpc) is 2.75. The molecular weight excluding hydrogens is 301 g/mol. The molecule has 1 heterocycles. The van der Waals surface area contributed by atoms with E-state index in [1.165, 1.54) is 6.92 Å². The average molecular weight is 316 g/mol. The summed E-state index contributed by atoms with van der Waals surface area (Å²) in [5.74, 6) is -4.21. The van der Waals surface area contributed by atoms with Crippen LogP contribution in [0.5, 0.6) is 0 Å². The van der Waals surface area contributed by atoms with Crippen LogP contribution < -0.4 is 10.6 Å². The number of β-amino-alcohol motifs (C(OH)–C–C–N with tert-alkyl or cyclic N) is 1. The van der Waals surface area contributed by atoms with Crippen molar-refractivity contribution in [3.8, 4) is 0 Å². The van der Waals surface area contributed by atoms with Gasteiger partial charge in [-0.2, -0.15) is 13.2 Å². The number of nitrogens with one attached hydrogen (secondary N) is 2. The Balaban J connectivity index is 0.000000486. The van der Waals surface area contributed by atoms with E-state index in [0.29, 0.717) is 13.0 Å².